The lowest BCUT2D eigenvalue weighted by Gasteiger charge is -2.12. The molecule has 102 valence electrons. The van der Waals surface area contributed by atoms with E-state index in [0.29, 0.717) is 22.6 Å². The second-order valence-corrected chi connectivity index (χ2v) is 4.68. The quantitative estimate of drug-likeness (QED) is 0.869. The first-order valence-electron chi connectivity index (χ1n) is 6.19. The molecule has 2 N–H and O–H groups in total. The van der Waals surface area contributed by atoms with Gasteiger partial charge in [-0.3, -0.25) is 0 Å². The van der Waals surface area contributed by atoms with Gasteiger partial charge in [0.15, 0.2) is 0 Å². The predicted molar refractivity (Wildman–Crippen MR) is 75.8 cm³/mol. The van der Waals surface area contributed by atoms with Gasteiger partial charge in [0.05, 0.1) is 11.6 Å². The third-order valence-electron chi connectivity index (χ3n) is 3.13. The molecule has 0 bridgehead atoms. The van der Waals surface area contributed by atoms with Crippen LogP contribution in [-0.4, -0.2) is 0 Å². The standard InChI is InChI=1S/C16H15FN2O/c1-10-6-16(11(2)5-15(10)19)20-9-13-7-14(17)4-3-12(13)8-18/h3-7H,9,19H2,1-2H3. The summed E-state index contributed by atoms with van der Waals surface area (Å²) in [6, 6.07) is 9.74. The summed E-state index contributed by atoms with van der Waals surface area (Å²) in [4.78, 5) is 0. The Morgan fingerprint density at radius 1 is 1.20 bits per heavy atom. The van der Waals surface area contributed by atoms with E-state index >= 15 is 0 Å². The topological polar surface area (TPSA) is 59.0 Å². The van der Waals surface area contributed by atoms with Crippen molar-refractivity contribution in [2.75, 3.05) is 5.73 Å². The molecule has 2 aromatic carbocycles. The van der Waals surface area contributed by atoms with E-state index < -0.39 is 0 Å². The Balaban J connectivity index is 2.23. The highest BCUT2D eigenvalue weighted by Gasteiger charge is 2.07. The fourth-order valence-corrected chi connectivity index (χ4v) is 1.91. The van der Waals surface area contributed by atoms with E-state index in [1.165, 1.54) is 18.2 Å². The number of hydrogen-bond acceptors (Lipinski definition) is 3. The van der Waals surface area contributed by atoms with Crippen LogP contribution >= 0.6 is 0 Å². The van der Waals surface area contributed by atoms with E-state index in [2.05, 4.69) is 0 Å². The van der Waals surface area contributed by atoms with Crippen molar-refractivity contribution in [3.8, 4) is 11.8 Å². The summed E-state index contributed by atoms with van der Waals surface area (Å²) < 4.78 is 18.9. The van der Waals surface area contributed by atoms with Crippen molar-refractivity contribution < 1.29 is 9.13 Å². The number of aryl methyl sites for hydroxylation is 2. The molecule has 0 saturated heterocycles. The SMILES string of the molecule is Cc1cc(OCc2cc(F)ccc2C#N)c(C)cc1N. The van der Waals surface area contributed by atoms with Crippen LogP contribution in [0.5, 0.6) is 5.75 Å². The molecule has 4 heteroatoms. The maximum Gasteiger partial charge on any atom is 0.123 e. The highest BCUT2D eigenvalue weighted by molar-refractivity contribution is 5.53. The van der Waals surface area contributed by atoms with Crippen LogP contribution in [0.3, 0.4) is 0 Å². The van der Waals surface area contributed by atoms with E-state index in [0.717, 1.165) is 11.1 Å². The van der Waals surface area contributed by atoms with E-state index in [4.69, 9.17) is 15.7 Å². The van der Waals surface area contributed by atoms with Gasteiger partial charge in [-0.25, -0.2) is 4.39 Å². The second-order valence-electron chi connectivity index (χ2n) is 4.68. The average Bonchev–Trinajstić information content (AvgIpc) is 2.41. The molecule has 0 fully saturated rings. The lowest BCUT2D eigenvalue weighted by Crippen LogP contribution is -2.01. The first-order chi connectivity index (χ1) is 9.51. The van der Waals surface area contributed by atoms with Crippen molar-refractivity contribution in [2.45, 2.75) is 20.5 Å². The van der Waals surface area contributed by atoms with Crippen LogP contribution in [0.15, 0.2) is 30.3 Å². The molecule has 0 saturated carbocycles. The van der Waals surface area contributed by atoms with Crippen LogP contribution in [0, 0.1) is 31.0 Å². The highest BCUT2D eigenvalue weighted by Crippen LogP contribution is 2.25. The number of benzene rings is 2. The normalized spacial score (nSPS) is 10.1. The Bertz CT molecular complexity index is 690. The third-order valence-corrected chi connectivity index (χ3v) is 3.13. The zero-order chi connectivity index (χ0) is 14.7. The van der Waals surface area contributed by atoms with Crippen molar-refractivity contribution in [3.05, 3.63) is 58.4 Å². The Labute approximate surface area is 117 Å². The van der Waals surface area contributed by atoms with E-state index in [-0.39, 0.29) is 12.4 Å². The molecule has 0 aliphatic heterocycles. The number of anilines is 1. The molecule has 0 aromatic heterocycles. The van der Waals surface area contributed by atoms with Gasteiger partial charge in [0.1, 0.15) is 18.2 Å². The Morgan fingerprint density at radius 2 is 1.95 bits per heavy atom. The third kappa shape index (κ3) is 2.89. The Morgan fingerprint density at radius 3 is 2.65 bits per heavy atom. The number of hydrogen-bond donors (Lipinski definition) is 1. The van der Waals surface area contributed by atoms with Gasteiger partial charge in [-0.15, -0.1) is 0 Å². The molecule has 2 rings (SSSR count). The molecule has 0 unspecified atom stereocenters. The van der Waals surface area contributed by atoms with E-state index in [1.54, 1.807) is 0 Å². The number of nitriles is 1. The monoisotopic (exact) mass is 270 g/mol. The lowest BCUT2D eigenvalue weighted by atomic mass is 10.1. The first-order valence-corrected chi connectivity index (χ1v) is 6.19. The number of ether oxygens (including phenoxy) is 1. The first kappa shape index (κ1) is 13.9. The molecule has 0 atom stereocenters. The number of halogens is 1. The van der Waals surface area contributed by atoms with Crippen molar-refractivity contribution >= 4 is 5.69 Å². The zero-order valence-electron chi connectivity index (χ0n) is 11.4. The summed E-state index contributed by atoms with van der Waals surface area (Å²) in [5, 5.41) is 9.00. The zero-order valence-corrected chi connectivity index (χ0v) is 11.4. The summed E-state index contributed by atoms with van der Waals surface area (Å²) in [6.45, 7) is 3.93. The minimum atomic E-state index is -0.382. The summed E-state index contributed by atoms with van der Waals surface area (Å²) in [7, 11) is 0. The molecule has 20 heavy (non-hydrogen) atoms. The Hall–Kier alpha value is -2.54. The minimum Gasteiger partial charge on any atom is -0.489 e. The Kier molecular flexibility index (Phi) is 3.90. The van der Waals surface area contributed by atoms with E-state index in [1.807, 2.05) is 32.0 Å². The number of rotatable bonds is 3. The fourth-order valence-electron chi connectivity index (χ4n) is 1.91. The van der Waals surface area contributed by atoms with Crippen LogP contribution in [-0.2, 0) is 6.61 Å². The fraction of sp³-hybridized carbons (Fsp3) is 0.188. The van der Waals surface area contributed by atoms with Gasteiger partial charge < -0.3 is 10.5 Å². The van der Waals surface area contributed by atoms with Gasteiger partial charge in [0.25, 0.3) is 0 Å². The van der Waals surface area contributed by atoms with Crippen LogP contribution < -0.4 is 10.5 Å². The number of nitrogens with zero attached hydrogens (tertiary/aromatic N) is 1. The summed E-state index contributed by atoms with van der Waals surface area (Å²) in [6.07, 6.45) is 0. The minimum absolute atomic E-state index is 0.144. The van der Waals surface area contributed by atoms with Crippen LogP contribution in [0.2, 0.25) is 0 Å². The molecular weight excluding hydrogens is 255 g/mol. The molecule has 3 nitrogen and oxygen atoms in total. The van der Waals surface area contributed by atoms with Crippen molar-refractivity contribution in [2.24, 2.45) is 0 Å². The largest absolute Gasteiger partial charge is 0.489 e. The molecule has 0 heterocycles. The molecule has 0 radical (unpaired) electrons. The highest BCUT2D eigenvalue weighted by atomic mass is 19.1. The summed E-state index contributed by atoms with van der Waals surface area (Å²) in [5.41, 5.74) is 9.29. The maximum absolute atomic E-state index is 13.2. The molecule has 0 spiro atoms. The van der Waals surface area contributed by atoms with Crippen LogP contribution in [0.1, 0.15) is 22.3 Å². The van der Waals surface area contributed by atoms with Gasteiger partial charge in [-0.05, 0) is 55.3 Å². The van der Waals surface area contributed by atoms with Crippen molar-refractivity contribution in [1.82, 2.24) is 0 Å². The molecular formula is C16H15FN2O. The van der Waals surface area contributed by atoms with Gasteiger partial charge in [0, 0.05) is 11.3 Å². The van der Waals surface area contributed by atoms with E-state index in [9.17, 15) is 4.39 Å². The number of nitrogens with two attached hydrogens (primary N) is 1. The number of nitrogen functional groups attached to an aromatic ring is 1. The van der Waals surface area contributed by atoms with Crippen LogP contribution in [0.4, 0.5) is 10.1 Å². The van der Waals surface area contributed by atoms with Gasteiger partial charge in [-0.1, -0.05) is 0 Å². The predicted octanol–water partition coefficient (Wildman–Crippen LogP) is 3.48. The molecule has 2 aromatic rings. The van der Waals surface area contributed by atoms with Crippen molar-refractivity contribution in [1.29, 1.82) is 5.26 Å². The summed E-state index contributed by atoms with van der Waals surface area (Å²) >= 11 is 0. The second kappa shape index (κ2) is 5.62. The van der Waals surface area contributed by atoms with Crippen LogP contribution in [0.25, 0.3) is 0 Å². The van der Waals surface area contributed by atoms with Gasteiger partial charge in [0.2, 0.25) is 0 Å². The van der Waals surface area contributed by atoms with Gasteiger partial charge >= 0.3 is 0 Å². The van der Waals surface area contributed by atoms with Crippen molar-refractivity contribution in [3.63, 3.8) is 0 Å². The molecule has 0 aliphatic carbocycles. The molecule has 0 aliphatic rings. The summed E-state index contributed by atoms with van der Waals surface area (Å²) in [5.74, 6) is 0.303. The molecule has 0 amide bonds. The maximum atomic E-state index is 13.2. The average molecular weight is 270 g/mol. The smallest absolute Gasteiger partial charge is 0.123 e. The lowest BCUT2D eigenvalue weighted by molar-refractivity contribution is 0.303. The van der Waals surface area contributed by atoms with Gasteiger partial charge in [-0.2, -0.15) is 5.26 Å².